The molecule has 0 spiro atoms. The highest BCUT2D eigenvalue weighted by atomic mass is 16.5. The maximum Gasteiger partial charge on any atom is 0.329 e. The average molecular weight is 253 g/mol. The molecule has 2 rings (SSSR count). The van der Waals surface area contributed by atoms with Gasteiger partial charge in [-0.1, -0.05) is 12.2 Å². The number of amides is 1. The van der Waals surface area contributed by atoms with E-state index < -0.39 is 11.5 Å². The number of aliphatic carboxylic acids is 1. The molecule has 1 atom stereocenters. The molecular weight excluding hydrogens is 234 g/mol. The molecule has 2 aliphatic rings. The minimum Gasteiger partial charge on any atom is -0.480 e. The Balaban J connectivity index is 2.02. The van der Waals surface area contributed by atoms with E-state index in [0.29, 0.717) is 32.5 Å². The van der Waals surface area contributed by atoms with Gasteiger partial charge >= 0.3 is 5.97 Å². The van der Waals surface area contributed by atoms with Gasteiger partial charge in [-0.25, -0.2) is 4.79 Å². The largest absolute Gasteiger partial charge is 0.480 e. The van der Waals surface area contributed by atoms with Gasteiger partial charge in [-0.05, 0) is 19.3 Å². The predicted molar refractivity (Wildman–Crippen MR) is 65.0 cm³/mol. The third kappa shape index (κ3) is 2.72. The van der Waals surface area contributed by atoms with Crippen molar-refractivity contribution in [2.75, 3.05) is 13.2 Å². The Labute approximate surface area is 106 Å². The van der Waals surface area contributed by atoms with Crippen LogP contribution in [0.3, 0.4) is 0 Å². The van der Waals surface area contributed by atoms with Crippen LogP contribution in [0, 0.1) is 5.92 Å². The summed E-state index contributed by atoms with van der Waals surface area (Å²) < 4.78 is 5.18. The fourth-order valence-corrected chi connectivity index (χ4v) is 2.48. The molecular formula is C13H19NO4. The van der Waals surface area contributed by atoms with Crippen molar-refractivity contribution in [2.45, 2.75) is 37.6 Å². The Morgan fingerprint density at radius 2 is 2.00 bits per heavy atom. The summed E-state index contributed by atoms with van der Waals surface area (Å²) in [5, 5.41) is 12.1. The van der Waals surface area contributed by atoms with Crippen molar-refractivity contribution in [1.82, 2.24) is 5.32 Å². The fourth-order valence-electron chi connectivity index (χ4n) is 2.48. The van der Waals surface area contributed by atoms with Gasteiger partial charge in [0.1, 0.15) is 5.54 Å². The van der Waals surface area contributed by atoms with Crippen LogP contribution in [0.15, 0.2) is 12.2 Å². The van der Waals surface area contributed by atoms with Crippen LogP contribution < -0.4 is 5.32 Å². The summed E-state index contributed by atoms with van der Waals surface area (Å²) in [5.41, 5.74) is -1.13. The minimum absolute atomic E-state index is 0.0888. The number of nitrogens with one attached hydrogen (secondary N) is 1. The Bertz CT molecular complexity index is 358. The van der Waals surface area contributed by atoms with Crippen LogP contribution >= 0.6 is 0 Å². The van der Waals surface area contributed by atoms with Crippen molar-refractivity contribution in [3.63, 3.8) is 0 Å². The quantitative estimate of drug-likeness (QED) is 0.738. The molecule has 100 valence electrons. The normalized spacial score (nSPS) is 26.6. The highest BCUT2D eigenvalue weighted by Crippen LogP contribution is 2.24. The van der Waals surface area contributed by atoms with Crippen LogP contribution in [0.4, 0.5) is 0 Å². The van der Waals surface area contributed by atoms with Gasteiger partial charge in [0.25, 0.3) is 0 Å². The Morgan fingerprint density at radius 1 is 1.28 bits per heavy atom. The molecule has 0 radical (unpaired) electrons. The number of rotatable bonds is 3. The lowest BCUT2D eigenvalue weighted by molar-refractivity contribution is -0.152. The summed E-state index contributed by atoms with van der Waals surface area (Å²) in [5.74, 6) is -1.18. The second-order valence-electron chi connectivity index (χ2n) is 4.97. The van der Waals surface area contributed by atoms with E-state index >= 15 is 0 Å². The lowest BCUT2D eigenvalue weighted by Gasteiger charge is -2.35. The maximum absolute atomic E-state index is 12.1. The number of carboxylic acid groups (broad SMARTS) is 1. The van der Waals surface area contributed by atoms with E-state index in [-0.39, 0.29) is 11.8 Å². The van der Waals surface area contributed by atoms with Crippen LogP contribution in [0.1, 0.15) is 32.1 Å². The van der Waals surface area contributed by atoms with Crippen LogP contribution in [0.25, 0.3) is 0 Å². The van der Waals surface area contributed by atoms with E-state index in [1.165, 1.54) is 0 Å². The molecule has 18 heavy (non-hydrogen) atoms. The van der Waals surface area contributed by atoms with Gasteiger partial charge in [0.05, 0.1) is 0 Å². The van der Waals surface area contributed by atoms with Crippen molar-refractivity contribution >= 4 is 11.9 Å². The standard InChI is InChI=1S/C13H19NO4/c15-11(10-4-2-1-3-5-10)14-13(12(16)17)6-8-18-9-7-13/h1-2,10H,3-9H2,(H,14,15)(H,16,17)/t10-/m0/s1. The van der Waals surface area contributed by atoms with Crippen molar-refractivity contribution in [3.05, 3.63) is 12.2 Å². The number of hydrogen-bond donors (Lipinski definition) is 2. The molecule has 1 saturated heterocycles. The molecule has 1 aliphatic carbocycles. The molecule has 1 amide bonds. The predicted octanol–water partition coefficient (Wildman–Crippen LogP) is 1.09. The number of hydrogen-bond acceptors (Lipinski definition) is 3. The first kappa shape index (κ1) is 13.1. The molecule has 0 aromatic carbocycles. The molecule has 2 N–H and O–H groups in total. The first-order valence-electron chi connectivity index (χ1n) is 6.42. The fraction of sp³-hybridized carbons (Fsp3) is 0.692. The monoisotopic (exact) mass is 253 g/mol. The molecule has 0 aromatic rings. The van der Waals surface area contributed by atoms with Gasteiger partial charge in [0.2, 0.25) is 5.91 Å². The second-order valence-corrected chi connectivity index (χ2v) is 4.97. The SMILES string of the molecule is O=C(NC1(C(=O)O)CCOCC1)[C@H]1CC=CCC1. The zero-order chi connectivity index (χ0) is 13.0. The van der Waals surface area contributed by atoms with Crippen LogP contribution in [0.2, 0.25) is 0 Å². The van der Waals surface area contributed by atoms with Crippen molar-refractivity contribution in [2.24, 2.45) is 5.92 Å². The van der Waals surface area contributed by atoms with Crippen LogP contribution in [-0.4, -0.2) is 35.7 Å². The van der Waals surface area contributed by atoms with Crippen molar-refractivity contribution in [1.29, 1.82) is 0 Å². The number of carbonyl (C=O) groups is 2. The molecule has 1 fully saturated rings. The molecule has 0 unspecified atom stereocenters. The smallest absolute Gasteiger partial charge is 0.329 e. The summed E-state index contributed by atoms with van der Waals surface area (Å²) in [6, 6.07) is 0. The lowest BCUT2D eigenvalue weighted by Crippen LogP contribution is -2.58. The number of allylic oxidation sites excluding steroid dienone is 2. The van der Waals surface area contributed by atoms with E-state index in [1.54, 1.807) is 0 Å². The van der Waals surface area contributed by atoms with E-state index in [1.807, 2.05) is 6.08 Å². The molecule has 0 aromatic heterocycles. The Morgan fingerprint density at radius 3 is 2.56 bits per heavy atom. The molecule has 1 heterocycles. The summed E-state index contributed by atoms with van der Waals surface area (Å²) in [6.07, 6.45) is 7.14. The summed E-state index contributed by atoms with van der Waals surface area (Å²) in [4.78, 5) is 23.5. The topological polar surface area (TPSA) is 75.6 Å². The first-order valence-corrected chi connectivity index (χ1v) is 6.42. The minimum atomic E-state index is -1.13. The number of ether oxygens (including phenoxy) is 1. The molecule has 0 bridgehead atoms. The van der Waals surface area contributed by atoms with Crippen LogP contribution in [0.5, 0.6) is 0 Å². The highest BCUT2D eigenvalue weighted by molar-refractivity contribution is 5.88. The number of carboxylic acids is 1. The van der Waals surface area contributed by atoms with Crippen molar-refractivity contribution in [3.8, 4) is 0 Å². The van der Waals surface area contributed by atoms with Crippen molar-refractivity contribution < 1.29 is 19.4 Å². The van der Waals surface area contributed by atoms with Gasteiger partial charge in [-0.2, -0.15) is 0 Å². The van der Waals surface area contributed by atoms with E-state index in [9.17, 15) is 14.7 Å². The summed E-state index contributed by atoms with van der Waals surface area (Å²) in [6.45, 7) is 0.772. The van der Waals surface area contributed by atoms with Gasteiger partial charge in [-0.15, -0.1) is 0 Å². The third-order valence-corrected chi connectivity index (χ3v) is 3.76. The lowest BCUT2D eigenvalue weighted by atomic mass is 9.87. The average Bonchev–Trinajstić information content (AvgIpc) is 2.40. The first-order chi connectivity index (χ1) is 8.64. The third-order valence-electron chi connectivity index (χ3n) is 3.76. The molecule has 5 nitrogen and oxygen atoms in total. The zero-order valence-electron chi connectivity index (χ0n) is 10.4. The van der Waals surface area contributed by atoms with E-state index in [4.69, 9.17) is 4.74 Å². The molecule has 5 heteroatoms. The van der Waals surface area contributed by atoms with Gasteiger partial charge < -0.3 is 15.2 Å². The summed E-state index contributed by atoms with van der Waals surface area (Å²) in [7, 11) is 0. The zero-order valence-corrected chi connectivity index (χ0v) is 10.4. The van der Waals surface area contributed by atoms with Gasteiger partial charge in [0, 0.05) is 32.0 Å². The maximum atomic E-state index is 12.1. The van der Waals surface area contributed by atoms with E-state index in [0.717, 1.165) is 12.8 Å². The Hall–Kier alpha value is -1.36. The van der Waals surface area contributed by atoms with E-state index in [2.05, 4.69) is 11.4 Å². The number of carbonyl (C=O) groups excluding carboxylic acids is 1. The molecule has 1 aliphatic heterocycles. The van der Waals surface area contributed by atoms with Gasteiger partial charge in [0.15, 0.2) is 0 Å². The van der Waals surface area contributed by atoms with Gasteiger partial charge in [-0.3, -0.25) is 4.79 Å². The highest BCUT2D eigenvalue weighted by Gasteiger charge is 2.42. The second kappa shape index (κ2) is 5.52. The molecule has 0 saturated carbocycles. The summed E-state index contributed by atoms with van der Waals surface area (Å²) >= 11 is 0. The van der Waals surface area contributed by atoms with Crippen LogP contribution in [-0.2, 0) is 14.3 Å². The Kier molecular flexibility index (Phi) is 4.01.